The van der Waals surface area contributed by atoms with Gasteiger partial charge in [0.25, 0.3) is 0 Å². The topological polar surface area (TPSA) is 17.1 Å². The van der Waals surface area contributed by atoms with Crippen LogP contribution >= 0.6 is 0 Å². The lowest BCUT2D eigenvalue weighted by Gasteiger charge is -2.24. The van der Waals surface area contributed by atoms with Crippen molar-refractivity contribution in [1.29, 1.82) is 0 Å². The summed E-state index contributed by atoms with van der Waals surface area (Å²) >= 11 is 0. The number of fused-ring (bicyclic) bond motifs is 1. The highest BCUT2D eigenvalue weighted by Gasteiger charge is 2.58. The first-order valence-corrected chi connectivity index (χ1v) is 4.73. The van der Waals surface area contributed by atoms with E-state index in [1.54, 1.807) is 0 Å². The minimum Gasteiger partial charge on any atom is -0.299 e. The first kappa shape index (κ1) is 8.03. The predicted molar refractivity (Wildman–Crippen MR) is 48.8 cm³/mol. The van der Waals surface area contributed by atoms with Crippen molar-refractivity contribution < 1.29 is 4.79 Å². The highest BCUT2D eigenvalue weighted by Crippen LogP contribution is 2.60. The first-order valence-electron chi connectivity index (χ1n) is 4.73. The van der Waals surface area contributed by atoms with E-state index in [0.29, 0.717) is 17.6 Å². The summed E-state index contributed by atoms with van der Waals surface area (Å²) in [7, 11) is 0. The van der Waals surface area contributed by atoms with Gasteiger partial charge in [-0.3, -0.25) is 4.79 Å². The summed E-state index contributed by atoms with van der Waals surface area (Å²) in [5, 5.41) is 0. The van der Waals surface area contributed by atoms with Gasteiger partial charge in [-0.1, -0.05) is 19.1 Å². The summed E-state index contributed by atoms with van der Waals surface area (Å²) < 4.78 is 0. The lowest BCUT2D eigenvalue weighted by atomic mass is 9.79. The number of rotatable bonds is 1. The predicted octanol–water partition coefficient (Wildman–Crippen LogP) is 2.57. The molecular formula is C11H16O. The molecule has 12 heavy (non-hydrogen) atoms. The smallest absolute Gasteiger partial charge is 0.139 e. The number of hydrogen-bond donors (Lipinski definition) is 0. The van der Waals surface area contributed by atoms with Gasteiger partial charge in [0.2, 0.25) is 0 Å². The molecule has 2 aliphatic carbocycles. The van der Waals surface area contributed by atoms with Gasteiger partial charge < -0.3 is 0 Å². The number of Topliss-reactive ketones (excluding diaryl/α,β-unsaturated/α-hetero) is 1. The zero-order valence-electron chi connectivity index (χ0n) is 7.89. The van der Waals surface area contributed by atoms with Crippen LogP contribution in [0.2, 0.25) is 0 Å². The average molecular weight is 164 g/mol. The van der Waals surface area contributed by atoms with Crippen LogP contribution in [0.1, 0.15) is 33.1 Å². The van der Waals surface area contributed by atoms with E-state index in [1.165, 1.54) is 12.0 Å². The quantitative estimate of drug-likeness (QED) is 0.544. The fraction of sp³-hybridized carbons (Fsp3) is 0.727. The fourth-order valence-electron chi connectivity index (χ4n) is 2.40. The molecule has 0 N–H and O–H groups in total. The van der Waals surface area contributed by atoms with Crippen LogP contribution in [0.15, 0.2) is 12.2 Å². The van der Waals surface area contributed by atoms with Gasteiger partial charge in [0.05, 0.1) is 0 Å². The maximum absolute atomic E-state index is 11.6. The molecule has 2 saturated carbocycles. The molecule has 2 rings (SSSR count). The van der Waals surface area contributed by atoms with Crippen molar-refractivity contribution in [2.24, 2.45) is 17.3 Å². The Morgan fingerprint density at radius 1 is 1.67 bits per heavy atom. The fourth-order valence-corrected chi connectivity index (χ4v) is 2.40. The molecule has 0 bridgehead atoms. The normalized spacial score (nSPS) is 45.3. The van der Waals surface area contributed by atoms with Gasteiger partial charge in [-0.15, -0.1) is 0 Å². The summed E-state index contributed by atoms with van der Waals surface area (Å²) in [6.07, 6.45) is 3.09. The van der Waals surface area contributed by atoms with Gasteiger partial charge >= 0.3 is 0 Å². The summed E-state index contributed by atoms with van der Waals surface area (Å²) in [4.78, 5) is 11.6. The van der Waals surface area contributed by atoms with Crippen LogP contribution in [0.5, 0.6) is 0 Å². The molecule has 66 valence electrons. The second kappa shape index (κ2) is 2.21. The molecule has 0 aromatic heterocycles. The lowest BCUT2D eigenvalue weighted by Crippen LogP contribution is -2.25. The maximum Gasteiger partial charge on any atom is 0.139 e. The minimum absolute atomic E-state index is 0.0892. The summed E-state index contributed by atoms with van der Waals surface area (Å²) in [5.74, 6) is 1.64. The van der Waals surface area contributed by atoms with Crippen molar-refractivity contribution in [2.45, 2.75) is 33.1 Å². The second-order valence-corrected chi connectivity index (χ2v) is 4.72. The van der Waals surface area contributed by atoms with Crippen LogP contribution < -0.4 is 0 Å². The number of ketones is 1. The van der Waals surface area contributed by atoms with E-state index in [1.807, 2.05) is 6.92 Å². The van der Waals surface area contributed by atoms with Crippen LogP contribution in [0.3, 0.4) is 0 Å². The Bertz CT molecular complexity index is 254. The number of carbonyl (C=O) groups is 1. The average Bonchev–Trinajstić information content (AvgIpc) is 2.62. The van der Waals surface area contributed by atoms with Crippen LogP contribution in [0.4, 0.5) is 0 Å². The number of carbonyl (C=O) groups excluding carboxylic acids is 1. The molecule has 0 aliphatic heterocycles. The van der Waals surface area contributed by atoms with Crippen LogP contribution in [0.25, 0.3) is 0 Å². The lowest BCUT2D eigenvalue weighted by molar-refractivity contribution is -0.126. The third-order valence-electron chi connectivity index (χ3n) is 3.75. The van der Waals surface area contributed by atoms with Crippen LogP contribution in [-0.2, 0) is 4.79 Å². The summed E-state index contributed by atoms with van der Waals surface area (Å²) in [6.45, 7) is 8.10. The van der Waals surface area contributed by atoms with Gasteiger partial charge in [0.15, 0.2) is 0 Å². The van der Waals surface area contributed by atoms with Gasteiger partial charge in [-0.05, 0) is 31.6 Å². The molecule has 0 aromatic rings. The highest BCUT2D eigenvalue weighted by atomic mass is 16.1. The molecule has 0 heterocycles. The van der Waals surface area contributed by atoms with E-state index in [9.17, 15) is 4.79 Å². The Balaban J connectivity index is 2.12. The van der Waals surface area contributed by atoms with E-state index in [4.69, 9.17) is 0 Å². The van der Waals surface area contributed by atoms with Gasteiger partial charge in [-0.25, -0.2) is 0 Å². The zero-order valence-corrected chi connectivity index (χ0v) is 7.89. The van der Waals surface area contributed by atoms with E-state index in [-0.39, 0.29) is 5.41 Å². The number of hydrogen-bond acceptors (Lipinski definition) is 1. The van der Waals surface area contributed by atoms with Crippen molar-refractivity contribution in [2.75, 3.05) is 0 Å². The van der Waals surface area contributed by atoms with Crippen LogP contribution in [-0.4, -0.2) is 5.78 Å². The zero-order chi connectivity index (χ0) is 8.93. The molecule has 3 atom stereocenters. The molecule has 0 unspecified atom stereocenters. The van der Waals surface area contributed by atoms with Crippen molar-refractivity contribution in [3.05, 3.63) is 12.2 Å². The van der Waals surface area contributed by atoms with Crippen molar-refractivity contribution in [1.82, 2.24) is 0 Å². The molecule has 0 radical (unpaired) electrons. The Kier molecular flexibility index (Phi) is 1.48. The molecule has 0 aromatic carbocycles. The third-order valence-corrected chi connectivity index (χ3v) is 3.75. The molecule has 0 saturated heterocycles. The standard InChI is InChI=1S/C11H16O/c1-7(2)8-4-9-6-11(9,3)10(12)5-8/h8-9H,1,4-6H2,2-3H3/t8-,9+,11-/m0/s1. The molecular weight excluding hydrogens is 148 g/mol. The Labute approximate surface area is 73.8 Å². The van der Waals surface area contributed by atoms with Crippen molar-refractivity contribution in [3.8, 4) is 0 Å². The molecule has 0 spiro atoms. The Morgan fingerprint density at radius 3 is 2.83 bits per heavy atom. The number of allylic oxidation sites excluding steroid dienone is 1. The third kappa shape index (κ3) is 0.954. The largest absolute Gasteiger partial charge is 0.299 e. The van der Waals surface area contributed by atoms with E-state index in [2.05, 4.69) is 13.5 Å². The van der Waals surface area contributed by atoms with Crippen molar-refractivity contribution >= 4 is 5.78 Å². The molecule has 2 fully saturated rings. The minimum atomic E-state index is 0.0892. The van der Waals surface area contributed by atoms with Gasteiger partial charge in [0, 0.05) is 11.8 Å². The van der Waals surface area contributed by atoms with E-state index < -0.39 is 0 Å². The van der Waals surface area contributed by atoms with Gasteiger partial charge in [0.1, 0.15) is 5.78 Å². The SMILES string of the molecule is C=C(C)[C@@H]1CC(=O)[C@@]2(C)C[C@H]2C1. The Morgan fingerprint density at radius 2 is 2.33 bits per heavy atom. The first-order chi connectivity index (χ1) is 5.54. The highest BCUT2D eigenvalue weighted by molar-refractivity contribution is 5.89. The maximum atomic E-state index is 11.6. The second-order valence-electron chi connectivity index (χ2n) is 4.72. The van der Waals surface area contributed by atoms with E-state index in [0.717, 1.165) is 12.8 Å². The van der Waals surface area contributed by atoms with Crippen molar-refractivity contribution in [3.63, 3.8) is 0 Å². The molecule has 2 aliphatic rings. The molecule has 0 amide bonds. The summed E-state index contributed by atoms with van der Waals surface area (Å²) in [6, 6.07) is 0. The van der Waals surface area contributed by atoms with Gasteiger partial charge in [-0.2, -0.15) is 0 Å². The van der Waals surface area contributed by atoms with Crippen LogP contribution in [0, 0.1) is 17.3 Å². The summed E-state index contributed by atoms with van der Waals surface area (Å²) in [5.41, 5.74) is 1.28. The molecule has 1 heteroatoms. The monoisotopic (exact) mass is 164 g/mol. The van der Waals surface area contributed by atoms with E-state index >= 15 is 0 Å². The molecule has 1 nitrogen and oxygen atoms in total. The Hall–Kier alpha value is -0.590.